The van der Waals surface area contributed by atoms with Crippen molar-refractivity contribution in [3.05, 3.63) is 88.4 Å². The number of fused-ring (bicyclic) bond motifs is 3. The SMILES string of the molecule is Cc1ccc(S(=O)(=O)c2nnn3c2nc(NCCc2ccc(Cl)cc2)c2ccccc23)c(C)c1. The molecule has 5 rings (SSSR count). The Hall–Kier alpha value is -3.49. The Morgan fingerprint density at radius 3 is 2.53 bits per heavy atom. The quantitative estimate of drug-likeness (QED) is 0.358. The molecular weight excluding hydrogens is 470 g/mol. The third-order valence-corrected chi connectivity index (χ3v) is 7.78. The van der Waals surface area contributed by atoms with Crippen LogP contribution in [0.15, 0.2) is 76.7 Å². The minimum absolute atomic E-state index is 0.161. The Morgan fingerprint density at radius 2 is 1.76 bits per heavy atom. The Labute approximate surface area is 202 Å². The molecule has 0 radical (unpaired) electrons. The number of anilines is 1. The number of aryl methyl sites for hydroxylation is 2. The van der Waals surface area contributed by atoms with Crippen molar-refractivity contribution in [1.82, 2.24) is 19.8 Å². The molecule has 9 heteroatoms. The molecule has 0 bridgehead atoms. The van der Waals surface area contributed by atoms with Crippen LogP contribution in [0.1, 0.15) is 16.7 Å². The largest absolute Gasteiger partial charge is 0.369 e. The van der Waals surface area contributed by atoms with Gasteiger partial charge >= 0.3 is 0 Å². The molecule has 0 aliphatic rings. The normalized spacial score (nSPS) is 11.9. The first-order valence-electron chi connectivity index (χ1n) is 10.8. The molecule has 0 saturated heterocycles. The third kappa shape index (κ3) is 3.99. The van der Waals surface area contributed by atoms with Gasteiger partial charge in [-0.05, 0) is 61.7 Å². The lowest BCUT2D eigenvalue weighted by atomic mass is 10.1. The lowest BCUT2D eigenvalue weighted by Gasteiger charge is -2.11. The summed E-state index contributed by atoms with van der Waals surface area (Å²) in [5.74, 6) is 0.580. The highest BCUT2D eigenvalue weighted by Gasteiger charge is 2.28. The van der Waals surface area contributed by atoms with Gasteiger partial charge in [0.1, 0.15) is 5.82 Å². The first-order chi connectivity index (χ1) is 16.3. The molecule has 3 aromatic carbocycles. The zero-order valence-electron chi connectivity index (χ0n) is 18.7. The van der Waals surface area contributed by atoms with Gasteiger partial charge < -0.3 is 5.32 Å². The average Bonchev–Trinajstić information content (AvgIpc) is 3.25. The van der Waals surface area contributed by atoms with Crippen LogP contribution in [-0.2, 0) is 16.3 Å². The Kier molecular flexibility index (Phi) is 5.71. The molecule has 0 amide bonds. The molecule has 0 aliphatic heterocycles. The molecule has 0 unspecified atom stereocenters. The van der Waals surface area contributed by atoms with Crippen LogP contribution in [-0.4, -0.2) is 34.8 Å². The molecule has 1 N–H and O–H groups in total. The lowest BCUT2D eigenvalue weighted by Crippen LogP contribution is -2.10. The highest BCUT2D eigenvalue weighted by molar-refractivity contribution is 7.91. The van der Waals surface area contributed by atoms with Gasteiger partial charge in [-0.15, -0.1) is 5.10 Å². The maximum absolute atomic E-state index is 13.5. The van der Waals surface area contributed by atoms with Gasteiger partial charge in [0.2, 0.25) is 14.9 Å². The van der Waals surface area contributed by atoms with Gasteiger partial charge in [-0.25, -0.2) is 13.4 Å². The summed E-state index contributed by atoms with van der Waals surface area (Å²) in [4.78, 5) is 4.88. The van der Waals surface area contributed by atoms with Crippen LogP contribution >= 0.6 is 11.6 Å². The van der Waals surface area contributed by atoms with Crippen molar-refractivity contribution >= 4 is 43.8 Å². The Balaban J connectivity index is 1.58. The van der Waals surface area contributed by atoms with Crippen LogP contribution in [0.25, 0.3) is 16.6 Å². The van der Waals surface area contributed by atoms with Gasteiger partial charge in [0.15, 0.2) is 5.65 Å². The molecule has 0 saturated carbocycles. The molecule has 2 heterocycles. The highest BCUT2D eigenvalue weighted by atomic mass is 35.5. The summed E-state index contributed by atoms with van der Waals surface area (Å²) >= 11 is 5.98. The molecule has 0 fully saturated rings. The Morgan fingerprint density at radius 1 is 1.00 bits per heavy atom. The van der Waals surface area contributed by atoms with Gasteiger partial charge in [-0.2, -0.15) is 4.52 Å². The number of halogens is 1. The number of rotatable bonds is 6. The number of nitrogens with zero attached hydrogens (tertiary/aromatic N) is 4. The number of benzene rings is 3. The summed E-state index contributed by atoms with van der Waals surface area (Å²) < 4.78 is 28.5. The fourth-order valence-corrected chi connectivity index (χ4v) is 5.62. The second-order valence-corrected chi connectivity index (χ2v) is 10.5. The molecule has 172 valence electrons. The van der Waals surface area contributed by atoms with Crippen molar-refractivity contribution in [1.29, 1.82) is 0 Å². The van der Waals surface area contributed by atoms with Gasteiger partial charge in [-0.1, -0.05) is 58.8 Å². The molecule has 34 heavy (non-hydrogen) atoms. The van der Waals surface area contributed by atoms with Crippen molar-refractivity contribution < 1.29 is 8.42 Å². The first kappa shape index (κ1) is 22.3. The molecule has 2 aromatic heterocycles. The van der Waals surface area contributed by atoms with Gasteiger partial charge in [0.05, 0.1) is 10.4 Å². The van der Waals surface area contributed by atoms with E-state index in [1.807, 2.05) is 61.5 Å². The predicted molar refractivity (Wildman–Crippen MR) is 133 cm³/mol. The van der Waals surface area contributed by atoms with Crippen molar-refractivity contribution in [3.8, 4) is 0 Å². The van der Waals surface area contributed by atoms with Crippen LogP contribution in [0, 0.1) is 13.8 Å². The standard InChI is InChI=1S/C25H22ClN5O2S/c1-16-7-12-22(17(2)15-16)34(32,33)25-24-28-23(27-14-13-18-8-10-19(26)11-9-18)20-5-3-4-6-21(20)31(24)30-29-25/h3-12,15H,13-14H2,1-2H3,(H,27,28). The summed E-state index contributed by atoms with van der Waals surface area (Å²) in [6.45, 7) is 4.31. The summed E-state index contributed by atoms with van der Waals surface area (Å²) in [5.41, 5.74) is 3.68. The van der Waals surface area contributed by atoms with E-state index in [1.54, 1.807) is 19.1 Å². The van der Waals surface area contributed by atoms with E-state index in [0.717, 1.165) is 28.5 Å². The smallest absolute Gasteiger partial charge is 0.229 e. The van der Waals surface area contributed by atoms with Crippen LogP contribution in [0.2, 0.25) is 5.02 Å². The summed E-state index contributed by atoms with van der Waals surface area (Å²) in [6, 6.07) is 20.5. The number of aromatic nitrogens is 4. The Bertz CT molecular complexity index is 1630. The number of nitrogens with one attached hydrogen (secondary N) is 1. The minimum atomic E-state index is -3.92. The molecule has 7 nitrogen and oxygen atoms in total. The molecule has 0 aliphatic carbocycles. The van der Waals surface area contributed by atoms with E-state index < -0.39 is 9.84 Å². The van der Waals surface area contributed by atoms with E-state index >= 15 is 0 Å². The monoisotopic (exact) mass is 491 g/mol. The fourth-order valence-electron chi connectivity index (χ4n) is 4.04. The van der Waals surface area contributed by atoms with E-state index in [1.165, 1.54) is 4.52 Å². The second-order valence-electron chi connectivity index (χ2n) is 8.18. The van der Waals surface area contributed by atoms with E-state index in [-0.39, 0.29) is 15.6 Å². The zero-order valence-corrected chi connectivity index (χ0v) is 20.2. The van der Waals surface area contributed by atoms with Crippen molar-refractivity contribution in [2.24, 2.45) is 0 Å². The van der Waals surface area contributed by atoms with Crippen LogP contribution < -0.4 is 5.32 Å². The summed E-state index contributed by atoms with van der Waals surface area (Å²) in [7, 11) is -3.92. The minimum Gasteiger partial charge on any atom is -0.369 e. The van der Waals surface area contributed by atoms with E-state index in [0.29, 0.717) is 22.9 Å². The van der Waals surface area contributed by atoms with Crippen LogP contribution in [0.5, 0.6) is 0 Å². The molecule has 5 aromatic rings. The van der Waals surface area contributed by atoms with Crippen molar-refractivity contribution in [3.63, 3.8) is 0 Å². The van der Waals surface area contributed by atoms with E-state index in [4.69, 9.17) is 11.6 Å². The second kappa shape index (κ2) is 8.70. The number of hydrogen-bond acceptors (Lipinski definition) is 6. The number of sulfone groups is 1. The maximum Gasteiger partial charge on any atom is 0.229 e. The molecular formula is C25H22ClN5O2S. The first-order valence-corrected chi connectivity index (χ1v) is 12.7. The van der Waals surface area contributed by atoms with Gasteiger partial charge in [0, 0.05) is 17.0 Å². The van der Waals surface area contributed by atoms with Crippen LogP contribution in [0.4, 0.5) is 5.82 Å². The predicted octanol–water partition coefficient (Wildman–Crippen LogP) is 5.04. The molecule has 0 atom stereocenters. The topological polar surface area (TPSA) is 89.2 Å². The molecule has 0 spiro atoms. The summed E-state index contributed by atoms with van der Waals surface area (Å²) in [5, 5.41) is 12.9. The van der Waals surface area contributed by atoms with Crippen molar-refractivity contribution in [2.75, 3.05) is 11.9 Å². The van der Waals surface area contributed by atoms with E-state index in [2.05, 4.69) is 20.6 Å². The number of hydrogen-bond donors (Lipinski definition) is 1. The third-order valence-electron chi connectivity index (χ3n) is 5.72. The highest BCUT2D eigenvalue weighted by Crippen LogP contribution is 2.29. The summed E-state index contributed by atoms with van der Waals surface area (Å²) in [6.07, 6.45) is 0.754. The average molecular weight is 492 g/mol. The van der Waals surface area contributed by atoms with Crippen molar-refractivity contribution in [2.45, 2.75) is 30.2 Å². The fraction of sp³-hybridized carbons (Fsp3) is 0.160. The maximum atomic E-state index is 13.5. The van der Waals surface area contributed by atoms with Crippen LogP contribution in [0.3, 0.4) is 0 Å². The lowest BCUT2D eigenvalue weighted by molar-refractivity contribution is 0.592. The zero-order chi connectivity index (χ0) is 23.9. The van der Waals surface area contributed by atoms with Gasteiger partial charge in [-0.3, -0.25) is 0 Å². The van der Waals surface area contributed by atoms with Gasteiger partial charge in [0.25, 0.3) is 0 Å². The number of para-hydroxylation sites is 1. The van der Waals surface area contributed by atoms with E-state index in [9.17, 15) is 8.42 Å².